The lowest BCUT2D eigenvalue weighted by molar-refractivity contribution is 0.0693. The summed E-state index contributed by atoms with van der Waals surface area (Å²) >= 11 is 0.908. The molecule has 0 fully saturated rings. The molecule has 26 heavy (non-hydrogen) atoms. The van der Waals surface area contributed by atoms with E-state index in [0.29, 0.717) is 13.1 Å². The highest BCUT2D eigenvalue weighted by Gasteiger charge is 2.17. The molecule has 0 aliphatic rings. The van der Waals surface area contributed by atoms with Gasteiger partial charge in [-0.2, -0.15) is 5.10 Å². The molecule has 1 aromatic heterocycles. The Morgan fingerprint density at radius 3 is 2.65 bits per heavy atom. The van der Waals surface area contributed by atoms with Gasteiger partial charge >= 0.3 is 12.0 Å². The first-order valence-electron chi connectivity index (χ1n) is 8.65. The zero-order valence-electron chi connectivity index (χ0n) is 14.8. The van der Waals surface area contributed by atoms with Gasteiger partial charge < -0.3 is 10.4 Å². The lowest BCUT2D eigenvalue weighted by atomic mass is 10.2. The van der Waals surface area contributed by atoms with E-state index < -0.39 is 5.97 Å². The van der Waals surface area contributed by atoms with Gasteiger partial charge in [0.2, 0.25) is 0 Å². The van der Waals surface area contributed by atoms with Gasteiger partial charge in [-0.15, -0.1) is 0 Å². The molecular weight excluding hydrogens is 352 g/mol. The number of carboxylic acids is 1. The average Bonchev–Trinajstić information content (AvgIpc) is 3.03. The molecule has 2 rings (SSSR count). The van der Waals surface area contributed by atoms with Gasteiger partial charge in [-0.25, -0.2) is 9.59 Å². The second kappa shape index (κ2) is 10.5. The number of unbranched alkanes of at least 4 members (excludes halogenated alkanes) is 3. The number of aromatic carboxylic acids is 1. The molecule has 1 aromatic carbocycles. The molecule has 0 aliphatic heterocycles. The van der Waals surface area contributed by atoms with E-state index in [1.165, 1.54) is 6.20 Å². The topological polar surface area (TPSA) is 96.3 Å². The van der Waals surface area contributed by atoms with Crippen LogP contribution in [0.4, 0.5) is 4.79 Å². The summed E-state index contributed by atoms with van der Waals surface area (Å²) in [7, 11) is 0. The molecule has 0 saturated carbocycles. The lowest BCUT2D eigenvalue weighted by Crippen LogP contribution is -2.32. The third kappa shape index (κ3) is 6.44. The molecule has 7 nitrogen and oxygen atoms in total. The summed E-state index contributed by atoms with van der Waals surface area (Å²) in [6.07, 6.45) is 5.78. The molecule has 0 atom stereocenters. The van der Waals surface area contributed by atoms with Crippen LogP contribution in [0, 0.1) is 0 Å². The second-order valence-corrected chi connectivity index (χ2v) is 6.65. The van der Waals surface area contributed by atoms with Crippen LogP contribution in [0.15, 0.2) is 41.6 Å². The Labute approximate surface area is 157 Å². The van der Waals surface area contributed by atoms with E-state index in [-0.39, 0.29) is 16.6 Å². The lowest BCUT2D eigenvalue weighted by Gasteiger charge is -2.06. The number of urea groups is 1. The van der Waals surface area contributed by atoms with Crippen molar-refractivity contribution in [1.82, 2.24) is 19.8 Å². The molecule has 8 heteroatoms. The van der Waals surface area contributed by atoms with E-state index >= 15 is 0 Å². The molecular formula is C18H24N4O3S. The first-order chi connectivity index (χ1) is 12.6. The Morgan fingerprint density at radius 1 is 1.19 bits per heavy atom. The van der Waals surface area contributed by atoms with Crippen molar-refractivity contribution < 1.29 is 14.7 Å². The summed E-state index contributed by atoms with van der Waals surface area (Å²) in [6, 6.07) is 9.29. The SMILES string of the molecule is CCCCCCNC(=O)NSc1nn(Cc2ccccc2)cc1C(=O)O. The summed E-state index contributed by atoms with van der Waals surface area (Å²) in [5.74, 6) is -1.08. The van der Waals surface area contributed by atoms with Crippen molar-refractivity contribution in [2.75, 3.05) is 6.54 Å². The first-order valence-corrected chi connectivity index (χ1v) is 9.47. The summed E-state index contributed by atoms with van der Waals surface area (Å²) in [5, 5.41) is 16.6. The number of carbonyl (C=O) groups is 2. The minimum absolute atomic E-state index is 0.0641. The van der Waals surface area contributed by atoms with Crippen LogP contribution in [-0.4, -0.2) is 33.4 Å². The zero-order valence-corrected chi connectivity index (χ0v) is 15.6. The van der Waals surface area contributed by atoms with Gasteiger partial charge in [0.05, 0.1) is 6.54 Å². The first kappa shape index (κ1) is 19.8. The second-order valence-electron chi connectivity index (χ2n) is 5.86. The maximum atomic E-state index is 11.8. The molecule has 0 bridgehead atoms. The van der Waals surface area contributed by atoms with Gasteiger partial charge in [0.15, 0.2) is 5.03 Å². The maximum Gasteiger partial charge on any atom is 0.340 e. The number of benzene rings is 1. The predicted molar refractivity (Wildman–Crippen MR) is 101 cm³/mol. The third-order valence-electron chi connectivity index (χ3n) is 3.70. The van der Waals surface area contributed by atoms with Crippen molar-refractivity contribution in [3.05, 3.63) is 47.7 Å². The molecule has 2 aromatic rings. The van der Waals surface area contributed by atoms with Crippen molar-refractivity contribution in [2.24, 2.45) is 0 Å². The van der Waals surface area contributed by atoms with Crippen LogP contribution in [0.5, 0.6) is 0 Å². The smallest absolute Gasteiger partial charge is 0.340 e. The van der Waals surface area contributed by atoms with Crippen molar-refractivity contribution in [1.29, 1.82) is 0 Å². The average molecular weight is 376 g/mol. The summed E-state index contributed by atoms with van der Waals surface area (Å²) in [4.78, 5) is 23.2. The monoisotopic (exact) mass is 376 g/mol. The fraction of sp³-hybridized carbons (Fsp3) is 0.389. The summed E-state index contributed by atoms with van der Waals surface area (Å²) in [6.45, 7) is 3.19. The van der Waals surface area contributed by atoms with E-state index in [4.69, 9.17) is 0 Å². The number of hydrogen-bond donors (Lipinski definition) is 3. The zero-order chi connectivity index (χ0) is 18.8. The van der Waals surface area contributed by atoms with Gasteiger partial charge in [0, 0.05) is 24.7 Å². The number of carboxylic acid groups (broad SMARTS) is 1. The predicted octanol–water partition coefficient (Wildman–Crippen LogP) is 3.52. The van der Waals surface area contributed by atoms with Crippen LogP contribution in [0.25, 0.3) is 0 Å². The molecule has 0 unspecified atom stereocenters. The van der Waals surface area contributed by atoms with E-state index in [2.05, 4.69) is 22.1 Å². The third-order valence-corrected chi connectivity index (χ3v) is 4.48. The van der Waals surface area contributed by atoms with Crippen LogP contribution in [0.2, 0.25) is 0 Å². The number of nitrogens with one attached hydrogen (secondary N) is 2. The molecule has 2 amide bonds. The highest BCUT2D eigenvalue weighted by molar-refractivity contribution is 7.98. The summed E-state index contributed by atoms with van der Waals surface area (Å²) in [5.41, 5.74) is 1.08. The Morgan fingerprint density at radius 2 is 1.96 bits per heavy atom. The van der Waals surface area contributed by atoms with Gasteiger partial charge in [-0.1, -0.05) is 56.5 Å². The quantitative estimate of drug-likeness (QED) is 0.435. The van der Waals surface area contributed by atoms with Crippen LogP contribution in [0.3, 0.4) is 0 Å². The van der Waals surface area contributed by atoms with Crippen LogP contribution in [0.1, 0.15) is 48.5 Å². The fourth-order valence-corrected chi connectivity index (χ4v) is 3.02. The number of amides is 2. The Bertz CT molecular complexity index is 718. The van der Waals surface area contributed by atoms with E-state index in [1.54, 1.807) is 4.68 Å². The van der Waals surface area contributed by atoms with Crippen molar-refractivity contribution in [2.45, 2.75) is 44.2 Å². The molecule has 0 aliphatic carbocycles. The summed E-state index contributed by atoms with van der Waals surface area (Å²) < 4.78 is 4.15. The van der Waals surface area contributed by atoms with E-state index in [0.717, 1.165) is 43.2 Å². The number of hydrogen-bond acceptors (Lipinski definition) is 4. The fourth-order valence-electron chi connectivity index (χ4n) is 2.36. The van der Waals surface area contributed by atoms with Gasteiger partial charge in [0.25, 0.3) is 0 Å². The normalized spacial score (nSPS) is 10.5. The molecule has 3 N–H and O–H groups in total. The standard InChI is InChI=1S/C18H24N4O3S/c1-2-3-4-8-11-19-18(25)21-26-16-15(17(23)24)13-22(20-16)12-14-9-6-5-7-10-14/h5-7,9-10,13H,2-4,8,11-12H2,1H3,(H,23,24)(H2,19,21,25). The van der Waals surface area contributed by atoms with Crippen LogP contribution >= 0.6 is 11.9 Å². The van der Waals surface area contributed by atoms with Crippen molar-refractivity contribution in [3.63, 3.8) is 0 Å². The highest BCUT2D eigenvalue weighted by atomic mass is 32.2. The minimum atomic E-state index is -1.08. The Kier molecular flexibility index (Phi) is 8.01. The maximum absolute atomic E-state index is 11.8. The largest absolute Gasteiger partial charge is 0.478 e. The van der Waals surface area contributed by atoms with E-state index in [9.17, 15) is 14.7 Å². The Hall–Kier alpha value is -2.48. The van der Waals surface area contributed by atoms with Crippen molar-refractivity contribution in [3.8, 4) is 0 Å². The van der Waals surface area contributed by atoms with Gasteiger partial charge in [-0.05, 0) is 12.0 Å². The van der Waals surface area contributed by atoms with Crippen molar-refractivity contribution >= 4 is 23.9 Å². The highest BCUT2D eigenvalue weighted by Crippen LogP contribution is 2.19. The molecule has 0 radical (unpaired) electrons. The molecule has 1 heterocycles. The number of nitrogens with zero attached hydrogens (tertiary/aromatic N) is 2. The van der Waals surface area contributed by atoms with E-state index in [1.807, 2.05) is 30.3 Å². The number of aromatic nitrogens is 2. The number of carbonyl (C=O) groups excluding carboxylic acids is 1. The van der Waals surface area contributed by atoms with Crippen LogP contribution in [-0.2, 0) is 6.54 Å². The van der Waals surface area contributed by atoms with Crippen LogP contribution < -0.4 is 10.0 Å². The molecule has 140 valence electrons. The van der Waals surface area contributed by atoms with Gasteiger partial charge in [-0.3, -0.25) is 9.40 Å². The number of rotatable bonds is 10. The molecule has 0 saturated heterocycles. The van der Waals surface area contributed by atoms with Gasteiger partial charge in [0.1, 0.15) is 5.56 Å². The minimum Gasteiger partial charge on any atom is -0.478 e. The Balaban J connectivity index is 1.89. The molecule has 0 spiro atoms.